The summed E-state index contributed by atoms with van der Waals surface area (Å²) < 4.78 is 5.51. The van der Waals surface area contributed by atoms with Crippen molar-refractivity contribution >= 4 is 5.69 Å². The molecule has 0 atom stereocenters. The van der Waals surface area contributed by atoms with E-state index < -0.39 is 0 Å². The van der Waals surface area contributed by atoms with Crippen LogP contribution in [0.3, 0.4) is 0 Å². The maximum Gasteiger partial charge on any atom is 0.213 e. The van der Waals surface area contributed by atoms with E-state index in [1.807, 2.05) is 26.0 Å². The highest BCUT2D eigenvalue weighted by Gasteiger charge is 2.07. The first-order valence-corrected chi connectivity index (χ1v) is 5.91. The van der Waals surface area contributed by atoms with Crippen LogP contribution in [0.15, 0.2) is 28.8 Å². The Morgan fingerprint density at radius 2 is 2.28 bits per heavy atom. The lowest BCUT2D eigenvalue weighted by Gasteiger charge is -2.09. The normalized spacial score (nSPS) is 10.1. The molecule has 0 aliphatic carbocycles. The number of oxazole rings is 1. The summed E-state index contributed by atoms with van der Waals surface area (Å²) in [6.07, 6.45) is 2.57. The Morgan fingerprint density at radius 3 is 2.94 bits per heavy atom. The molecule has 0 amide bonds. The van der Waals surface area contributed by atoms with Gasteiger partial charge in [0.25, 0.3) is 0 Å². The van der Waals surface area contributed by atoms with Gasteiger partial charge in [0.05, 0.1) is 24.0 Å². The van der Waals surface area contributed by atoms with Crippen LogP contribution >= 0.6 is 0 Å². The second kappa shape index (κ2) is 5.37. The molecule has 1 aromatic carbocycles. The van der Waals surface area contributed by atoms with Gasteiger partial charge < -0.3 is 9.73 Å². The third-order valence-corrected chi connectivity index (χ3v) is 2.76. The number of hydrogen-bond donors (Lipinski definition) is 1. The van der Waals surface area contributed by atoms with E-state index in [-0.39, 0.29) is 0 Å². The van der Waals surface area contributed by atoms with E-state index in [9.17, 15) is 0 Å². The van der Waals surface area contributed by atoms with Gasteiger partial charge in [-0.25, -0.2) is 4.98 Å². The molecular formula is C14H15N3O. The summed E-state index contributed by atoms with van der Waals surface area (Å²) in [5.41, 5.74) is 2.52. The SMILES string of the molecule is CCc1cnc(CNc2c(C)cccc2C#N)o1. The molecule has 0 aliphatic heterocycles. The van der Waals surface area contributed by atoms with Crippen molar-refractivity contribution in [3.63, 3.8) is 0 Å². The molecule has 1 aromatic heterocycles. The van der Waals surface area contributed by atoms with E-state index in [2.05, 4.69) is 16.4 Å². The fraction of sp³-hybridized carbons (Fsp3) is 0.286. The third kappa shape index (κ3) is 2.51. The summed E-state index contributed by atoms with van der Waals surface area (Å²) in [4.78, 5) is 4.18. The molecule has 0 bridgehead atoms. The monoisotopic (exact) mass is 241 g/mol. The van der Waals surface area contributed by atoms with Crippen LogP contribution in [0.1, 0.15) is 29.7 Å². The second-order valence-electron chi connectivity index (χ2n) is 4.04. The highest BCUT2D eigenvalue weighted by Crippen LogP contribution is 2.20. The number of nitrogens with zero attached hydrogens (tertiary/aromatic N) is 2. The highest BCUT2D eigenvalue weighted by molar-refractivity contribution is 5.62. The summed E-state index contributed by atoms with van der Waals surface area (Å²) >= 11 is 0. The van der Waals surface area contributed by atoms with Gasteiger partial charge in [-0.3, -0.25) is 0 Å². The molecule has 2 rings (SSSR count). The average molecular weight is 241 g/mol. The minimum Gasteiger partial charge on any atom is -0.444 e. The predicted octanol–water partition coefficient (Wildman–Crippen LogP) is 3.03. The molecule has 0 radical (unpaired) electrons. The number of aryl methyl sites for hydroxylation is 2. The van der Waals surface area contributed by atoms with Crippen molar-refractivity contribution in [3.8, 4) is 6.07 Å². The number of nitriles is 1. The molecule has 4 nitrogen and oxygen atoms in total. The zero-order chi connectivity index (χ0) is 13.0. The number of hydrogen-bond acceptors (Lipinski definition) is 4. The minimum atomic E-state index is 0.486. The Labute approximate surface area is 106 Å². The Hall–Kier alpha value is -2.28. The molecule has 0 saturated carbocycles. The van der Waals surface area contributed by atoms with Crippen molar-refractivity contribution < 1.29 is 4.42 Å². The lowest BCUT2D eigenvalue weighted by atomic mass is 10.1. The van der Waals surface area contributed by atoms with Crippen molar-refractivity contribution in [2.45, 2.75) is 26.8 Å². The molecule has 0 spiro atoms. The number of anilines is 1. The topological polar surface area (TPSA) is 61.9 Å². The highest BCUT2D eigenvalue weighted by atomic mass is 16.4. The van der Waals surface area contributed by atoms with Gasteiger partial charge in [-0.1, -0.05) is 19.1 Å². The van der Waals surface area contributed by atoms with Gasteiger partial charge in [0.2, 0.25) is 5.89 Å². The largest absolute Gasteiger partial charge is 0.444 e. The average Bonchev–Trinajstić information content (AvgIpc) is 2.85. The van der Waals surface area contributed by atoms with Gasteiger partial charge >= 0.3 is 0 Å². The quantitative estimate of drug-likeness (QED) is 0.893. The predicted molar refractivity (Wildman–Crippen MR) is 69.1 cm³/mol. The Morgan fingerprint density at radius 1 is 1.44 bits per heavy atom. The van der Waals surface area contributed by atoms with E-state index in [1.54, 1.807) is 12.3 Å². The van der Waals surface area contributed by atoms with Gasteiger partial charge in [0, 0.05) is 6.42 Å². The van der Waals surface area contributed by atoms with Gasteiger partial charge in [0.15, 0.2) is 0 Å². The minimum absolute atomic E-state index is 0.486. The molecule has 92 valence electrons. The first-order chi connectivity index (χ1) is 8.74. The van der Waals surface area contributed by atoms with Crippen LogP contribution in [0.4, 0.5) is 5.69 Å². The molecule has 1 heterocycles. The lowest BCUT2D eigenvalue weighted by Crippen LogP contribution is -2.03. The van der Waals surface area contributed by atoms with Crippen LogP contribution in [0.2, 0.25) is 0 Å². The second-order valence-corrected chi connectivity index (χ2v) is 4.04. The fourth-order valence-corrected chi connectivity index (χ4v) is 1.75. The number of para-hydroxylation sites is 1. The van der Waals surface area contributed by atoms with Gasteiger partial charge in [-0.15, -0.1) is 0 Å². The summed E-state index contributed by atoms with van der Waals surface area (Å²) in [7, 11) is 0. The standard InChI is InChI=1S/C14H15N3O/c1-3-12-8-16-13(18-12)9-17-14-10(2)5-4-6-11(14)7-15/h4-6,8,17H,3,9H2,1-2H3. The van der Waals surface area contributed by atoms with Crippen molar-refractivity contribution in [1.29, 1.82) is 5.26 Å². The van der Waals surface area contributed by atoms with E-state index in [4.69, 9.17) is 9.68 Å². The van der Waals surface area contributed by atoms with Gasteiger partial charge in [0.1, 0.15) is 11.8 Å². The first kappa shape index (κ1) is 12.2. The summed E-state index contributed by atoms with van der Waals surface area (Å²) in [5.74, 6) is 1.51. The lowest BCUT2D eigenvalue weighted by molar-refractivity contribution is 0.466. The van der Waals surface area contributed by atoms with E-state index in [0.717, 1.165) is 23.4 Å². The van der Waals surface area contributed by atoms with Crippen molar-refractivity contribution in [1.82, 2.24) is 4.98 Å². The van der Waals surface area contributed by atoms with Crippen LogP contribution in [0.25, 0.3) is 0 Å². The number of rotatable bonds is 4. The summed E-state index contributed by atoms with van der Waals surface area (Å²) in [6.45, 7) is 4.47. The summed E-state index contributed by atoms with van der Waals surface area (Å²) in [6, 6.07) is 7.81. The maximum absolute atomic E-state index is 9.05. The van der Waals surface area contributed by atoms with Gasteiger partial charge in [-0.2, -0.15) is 5.26 Å². The van der Waals surface area contributed by atoms with Gasteiger partial charge in [-0.05, 0) is 18.6 Å². The van der Waals surface area contributed by atoms with Crippen LogP contribution in [-0.2, 0) is 13.0 Å². The van der Waals surface area contributed by atoms with Crippen molar-refractivity contribution in [3.05, 3.63) is 47.2 Å². The Balaban J connectivity index is 2.13. The molecule has 0 aliphatic rings. The smallest absolute Gasteiger partial charge is 0.213 e. The molecule has 1 N–H and O–H groups in total. The zero-order valence-corrected chi connectivity index (χ0v) is 10.5. The molecule has 2 aromatic rings. The number of nitrogens with one attached hydrogen (secondary N) is 1. The van der Waals surface area contributed by atoms with Crippen molar-refractivity contribution in [2.24, 2.45) is 0 Å². The number of aromatic nitrogens is 1. The van der Waals surface area contributed by atoms with Crippen molar-refractivity contribution in [2.75, 3.05) is 5.32 Å². The molecule has 18 heavy (non-hydrogen) atoms. The number of benzene rings is 1. The molecule has 4 heteroatoms. The first-order valence-electron chi connectivity index (χ1n) is 5.91. The van der Waals surface area contributed by atoms with Crippen LogP contribution in [0.5, 0.6) is 0 Å². The van der Waals surface area contributed by atoms with E-state index in [1.165, 1.54) is 0 Å². The van der Waals surface area contributed by atoms with Crippen LogP contribution in [0, 0.1) is 18.3 Å². The van der Waals surface area contributed by atoms with Crippen LogP contribution in [-0.4, -0.2) is 4.98 Å². The maximum atomic E-state index is 9.05. The molecule has 0 unspecified atom stereocenters. The van der Waals surface area contributed by atoms with E-state index >= 15 is 0 Å². The Bertz CT molecular complexity index is 581. The summed E-state index contributed by atoms with van der Waals surface area (Å²) in [5, 5.41) is 12.3. The van der Waals surface area contributed by atoms with Crippen LogP contribution < -0.4 is 5.32 Å². The zero-order valence-electron chi connectivity index (χ0n) is 10.5. The molecular weight excluding hydrogens is 226 g/mol. The Kier molecular flexibility index (Phi) is 3.63. The van der Waals surface area contributed by atoms with E-state index in [0.29, 0.717) is 18.0 Å². The third-order valence-electron chi connectivity index (χ3n) is 2.76. The fourth-order valence-electron chi connectivity index (χ4n) is 1.75. The molecule has 0 saturated heterocycles. The molecule has 0 fully saturated rings.